The second-order valence-electron chi connectivity index (χ2n) is 8.59. The molecule has 1 N–H and O–H groups in total. The number of hydrogen-bond donors (Lipinski definition) is 1. The van der Waals surface area contributed by atoms with Crippen molar-refractivity contribution in [3.8, 4) is 11.5 Å². The van der Waals surface area contributed by atoms with Gasteiger partial charge in [-0.3, -0.25) is 14.5 Å². The molecule has 9 nitrogen and oxygen atoms in total. The minimum Gasteiger partial charge on any atom is -0.503 e. The Labute approximate surface area is 210 Å². The molecule has 0 bridgehead atoms. The number of aliphatic hydroxyl groups excluding tert-OH is 1. The van der Waals surface area contributed by atoms with Gasteiger partial charge in [-0.1, -0.05) is 13.0 Å². The lowest BCUT2D eigenvalue weighted by Gasteiger charge is -2.31. The number of aliphatic hydroxyl groups is 1. The van der Waals surface area contributed by atoms with Gasteiger partial charge in [0.1, 0.15) is 5.76 Å². The summed E-state index contributed by atoms with van der Waals surface area (Å²) in [5, 5.41) is 10.8. The molecule has 2 aromatic rings. The first-order chi connectivity index (χ1) is 17.5. The van der Waals surface area contributed by atoms with Crippen molar-refractivity contribution in [2.45, 2.75) is 19.4 Å². The average Bonchev–Trinajstić information content (AvgIpc) is 3.52. The maximum atomic E-state index is 13.3. The van der Waals surface area contributed by atoms with Crippen LogP contribution in [0.4, 0.5) is 0 Å². The van der Waals surface area contributed by atoms with Crippen LogP contribution in [0.2, 0.25) is 0 Å². The summed E-state index contributed by atoms with van der Waals surface area (Å²) < 4.78 is 22.0. The zero-order valence-electron chi connectivity index (χ0n) is 20.6. The van der Waals surface area contributed by atoms with Gasteiger partial charge >= 0.3 is 0 Å². The summed E-state index contributed by atoms with van der Waals surface area (Å²) in [7, 11) is 1.54. The number of allylic oxidation sites excluding steroid dienone is 1. The van der Waals surface area contributed by atoms with Crippen LogP contribution in [0.5, 0.6) is 11.5 Å². The molecule has 0 spiro atoms. The Morgan fingerprint density at radius 3 is 2.69 bits per heavy atom. The van der Waals surface area contributed by atoms with E-state index in [9.17, 15) is 14.7 Å². The van der Waals surface area contributed by atoms with Gasteiger partial charge in [-0.05, 0) is 48.4 Å². The first kappa shape index (κ1) is 25.5. The number of furan rings is 1. The molecular weight excluding hydrogens is 464 g/mol. The van der Waals surface area contributed by atoms with Crippen molar-refractivity contribution in [3.63, 3.8) is 0 Å². The summed E-state index contributed by atoms with van der Waals surface area (Å²) in [6, 6.07) is 7.97. The molecule has 4 rings (SSSR count). The second kappa shape index (κ2) is 11.9. The SMILES string of the molecule is CCCOc1ccc(C2C(C(=O)C=Cc3ccco3)=C(O)C(=O)N2CCN2CCOCC2)cc1OC. The molecule has 1 amide bonds. The number of ether oxygens (including phenoxy) is 3. The van der Waals surface area contributed by atoms with Crippen LogP contribution in [-0.2, 0) is 14.3 Å². The van der Waals surface area contributed by atoms with E-state index >= 15 is 0 Å². The Hall–Kier alpha value is -3.56. The molecule has 2 aliphatic heterocycles. The van der Waals surface area contributed by atoms with Crippen molar-refractivity contribution in [3.05, 3.63) is 65.3 Å². The number of ketones is 1. The highest BCUT2D eigenvalue weighted by Gasteiger charge is 2.43. The maximum absolute atomic E-state index is 13.3. The molecule has 1 aromatic heterocycles. The molecule has 0 saturated carbocycles. The van der Waals surface area contributed by atoms with E-state index in [1.54, 1.807) is 42.3 Å². The van der Waals surface area contributed by atoms with Crippen molar-refractivity contribution in [2.75, 3.05) is 53.1 Å². The number of hydrogen-bond acceptors (Lipinski definition) is 8. The quantitative estimate of drug-likeness (QED) is 0.473. The molecule has 1 saturated heterocycles. The Kier molecular flexibility index (Phi) is 8.45. The van der Waals surface area contributed by atoms with E-state index in [-0.39, 0.29) is 5.57 Å². The van der Waals surface area contributed by atoms with Crippen LogP contribution in [0.3, 0.4) is 0 Å². The number of benzene rings is 1. The number of methoxy groups -OCH3 is 1. The van der Waals surface area contributed by atoms with Gasteiger partial charge in [-0.15, -0.1) is 0 Å². The third kappa shape index (κ3) is 5.63. The van der Waals surface area contributed by atoms with Crippen molar-refractivity contribution in [1.29, 1.82) is 0 Å². The molecular formula is C27H32N2O7. The van der Waals surface area contributed by atoms with Crippen LogP contribution < -0.4 is 9.47 Å². The minimum absolute atomic E-state index is 0.0223. The summed E-state index contributed by atoms with van der Waals surface area (Å²) in [6.07, 6.45) is 5.17. The van der Waals surface area contributed by atoms with E-state index in [2.05, 4.69) is 4.90 Å². The van der Waals surface area contributed by atoms with E-state index in [0.29, 0.717) is 55.7 Å². The fourth-order valence-corrected chi connectivity index (χ4v) is 4.38. The minimum atomic E-state index is -0.776. The lowest BCUT2D eigenvalue weighted by Crippen LogP contribution is -2.43. The van der Waals surface area contributed by atoms with Crippen LogP contribution in [0, 0.1) is 0 Å². The van der Waals surface area contributed by atoms with Gasteiger partial charge in [0.05, 0.1) is 44.8 Å². The van der Waals surface area contributed by atoms with Gasteiger partial charge < -0.3 is 28.6 Å². The second-order valence-corrected chi connectivity index (χ2v) is 8.59. The van der Waals surface area contributed by atoms with E-state index in [4.69, 9.17) is 18.6 Å². The topological polar surface area (TPSA) is 102 Å². The Balaban J connectivity index is 1.66. The van der Waals surface area contributed by atoms with Crippen LogP contribution in [0.25, 0.3) is 6.08 Å². The number of morpholine rings is 1. The van der Waals surface area contributed by atoms with Gasteiger partial charge in [-0.2, -0.15) is 0 Å². The molecule has 0 aliphatic carbocycles. The predicted molar refractivity (Wildman–Crippen MR) is 133 cm³/mol. The monoisotopic (exact) mass is 496 g/mol. The third-order valence-corrected chi connectivity index (χ3v) is 6.24. The number of carbonyl (C=O) groups excluding carboxylic acids is 2. The molecule has 9 heteroatoms. The highest BCUT2D eigenvalue weighted by Crippen LogP contribution is 2.41. The van der Waals surface area contributed by atoms with Gasteiger partial charge in [0, 0.05) is 26.2 Å². The molecule has 36 heavy (non-hydrogen) atoms. The third-order valence-electron chi connectivity index (χ3n) is 6.24. The smallest absolute Gasteiger partial charge is 0.290 e. The molecule has 1 atom stereocenters. The number of amides is 1. The van der Waals surface area contributed by atoms with E-state index < -0.39 is 23.5 Å². The molecule has 0 radical (unpaired) electrons. The van der Waals surface area contributed by atoms with Gasteiger partial charge in [0.15, 0.2) is 23.0 Å². The molecule has 1 aromatic carbocycles. The Morgan fingerprint density at radius 1 is 1.19 bits per heavy atom. The van der Waals surface area contributed by atoms with E-state index in [1.807, 2.05) is 6.92 Å². The van der Waals surface area contributed by atoms with Gasteiger partial charge in [0.25, 0.3) is 5.91 Å². The van der Waals surface area contributed by atoms with E-state index in [0.717, 1.165) is 19.5 Å². The summed E-state index contributed by atoms with van der Waals surface area (Å²) in [5.41, 5.74) is 0.666. The van der Waals surface area contributed by atoms with Crippen molar-refractivity contribution in [2.24, 2.45) is 0 Å². The largest absolute Gasteiger partial charge is 0.503 e. The maximum Gasteiger partial charge on any atom is 0.290 e. The highest BCUT2D eigenvalue weighted by atomic mass is 16.5. The fraction of sp³-hybridized carbons (Fsp3) is 0.407. The standard InChI is InChI=1S/C27H32N2O7/c1-3-14-36-22-9-6-19(18-23(22)33-2)25-24(21(30)8-7-20-5-4-15-35-20)26(31)27(32)29(25)11-10-28-12-16-34-17-13-28/h4-9,15,18,25,31H,3,10-14,16-17H2,1-2H3. The summed E-state index contributed by atoms with van der Waals surface area (Å²) in [4.78, 5) is 30.2. The predicted octanol–water partition coefficient (Wildman–Crippen LogP) is 3.39. The lowest BCUT2D eigenvalue weighted by atomic mass is 9.95. The zero-order chi connectivity index (χ0) is 25.5. The lowest BCUT2D eigenvalue weighted by molar-refractivity contribution is -0.129. The van der Waals surface area contributed by atoms with Crippen molar-refractivity contribution in [1.82, 2.24) is 9.80 Å². The van der Waals surface area contributed by atoms with Crippen LogP contribution >= 0.6 is 0 Å². The van der Waals surface area contributed by atoms with E-state index in [1.165, 1.54) is 18.4 Å². The Morgan fingerprint density at radius 2 is 2.00 bits per heavy atom. The number of carbonyl (C=O) groups is 2. The molecule has 1 fully saturated rings. The molecule has 2 aliphatic rings. The average molecular weight is 497 g/mol. The summed E-state index contributed by atoms with van der Waals surface area (Å²) in [5.74, 6) is -0.0273. The van der Waals surface area contributed by atoms with Gasteiger partial charge in [0.2, 0.25) is 0 Å². The first-order valence-corrected chi connectivity index (χ1v) is 12.1. The zero-order valence-corrected chi connectivity index (χ0v) is 20.6. The fourth-order valence-electron chi connectivity index (χ4n) is 4.38. The normalized spacial score (nSPS) is 18.9. The van der Waals surface area contributed by atoms with Crippen LogP contribution in [0.15, 0.2) is 58.4 Å². The highest BCUT2D eigenvalue weighted by molar-refractivity contribution is 6.14. The van der Waals surface area contributed by atoms with Crippen molar-refractivity contribution < 1.29 is 33.3 Å². The number of nitrogens with zero attached hydrogens (tertiary/aromatic N) is 2. The Bertz CT molecular complexity index is 1120. The van der Waals surface area contributed by atoms with Crippen LogP contribution in [0.1, 0.15) is 30.7 Å². The summed E-state index contributed by atoms with van der Waals surface area (Å²) >= 11 is 0. The molecule has 192 valence electrons. The molecule has 1 unspecified atom stereocenters. The summed E-state index contributed by atoms with van der Waals surface area (Å²) in [6.45, 7) is 6.28. The van der Waals surface area contributed by atoms with Crippen LogP contribution in [-0.4, -0.2) is 79.7 Å². The number of rotatable bonds is 11. The molecule has 3 heterocycles. The van der Waals surface area contributed by atoms with Crippen molar-refractivity contribution >= 4 is 17.8 Å². The first-order valence-electron chi connectivity index (χ1n) is 12.1. The van der Waals surface area contributed by atoms with Gasteiger partial charge in [-0.25, -0.2) is 0 Å².